The molecule has 0 saturated heterocycles. The van der Waals surface area contributed by atoms with Crippen LogP contribution in [0.4, 0.5) is 0 Å². The lowest BCUT2D eigenvalue weighted by atomic mass is 10.1. The van der Waals surface area contributed by atoms with Gasteiger partial charge in [-0.1, -0.05) is 17.7 Å². The maximum atomic E-state index is 12.9. The Hall–Kier alpha value is -1.92. The molecule has 1 aromatic carbocycles. The van der Waals surface area contributed by atoms with Crippen LogP contribution in [0.15, 0.2) is 18.2 Å². The summed E-state index contributed by atoms with van der Waals surface area (Å²) < 4.78 is 0. The number of imidazole rings is 1. The van der Waals surface area contributed by atoms with Crippen molar-refractivity contribution in [3.05, 3.63) is 44.6 Å². The third kappa shape index (κ3) is 2.33. The largest absolute Gasteiger partial charge is 0.334 e. The van der Waals surface area contributed by atoms with E-state index in [0.29, 0.717) is 22.9 Å². The highest BCUT2D eigenvalue weighted by atomic mass is 35.5. The van der Waals surface area contributed by atoms with Crippen LogP contribution in [0.2, 0.25) is 5.02 Å². The molecule has 4 rings (SSSR count). The minimum atomic E-state index is -0.0959. The molecule has 3 aromatic rings. The van der Waals surface area contributed by atoms with E-state index in [0.717, 1.165) is 22.6 Å². The molecule has 7 heteroatoms. The van der Waals surface area contributed by atoms with Gasteiger partial charge in [-0.05, 0) is 26.0 Å². The molecule has 1 aliphatic rings. The molecule has 0 aliphatic carbocycles. The Bertz CT molecular complexity index is 916. The molecule has 1 aliphatic heterocycles. The second kappa shape index (κ2) is 5.32. The number of hydrogen-bond acceptors (Lipinski definition) is 4. The third-order valence-corrected chi connectivity index (χ3v) is 5.69. The molecule has 2 aromatic heterocycles. The van der Waals surface area contributed by atoms with Crippen molar-refractivity contribution < 1.29 is 4.79 Å². The quantitative estimate of drug-likeness (QED) is 0.730. The molecular weight excluding hydrogens is 332 g/mol. The number of aromatic amines is 1. The summed E-state index contributed by atoms with van der Waals surface area (Å²) in [5.41, 5.74) is 2.54. The van der Waals surface area contributed by atoms with Crippen molar-refractivity contribution in [3.63, 3.8) is 0 Å². The summed E-state index contributed by atoms with van der Waals surface area (Å²) in [6, 6.07) is 5.50. The van der Waals surface area contributed by atoms with Crippen molar-refractivity contribution in [3.8, 4) is 0 Å². The van der Waals surface area contributed by atoms with Crippen LogP contribution in [0.1, 0.15) is 39.2 Å². The molecule has 5 nitrogen and oxygen atoms in total. The second-order valence-electron chi connectivity index (χ2n) is 5.69. The van der Waals surface area contributed by atoms with Crippen molar-refractivity contribution in [2.75, 3.05) is 6.54 Å². The van der Waals surface area contributed by atoms with Crippen molar-refractivity contribution >= 4 is 39.9 Å². The van der Waals surface area contributed by atoms with Gasteiger partial charge in [-0.2, -0.15) is 0 Å². The summed E-state index contributed by atoms with van der Waals surface area (Å²) in [6.45, 7) is 4.70. The van der Waals surface area contributed by atoms with E-state index in [1.165, 1.54) is 4.88 Å². The molecule has 118 valence electrons. The number of hydrogen-bond donors (Lipinski definition) is 1. The fourth-order valence-corrected chi connectivity index (χ4v) is 4.32. The highest BCUT2D eigenvalue weighted by molar-refractivity contribution is 7.11. The number of fused-ring (bicyclic) bond motifs is 2. The van der Waals surface area contributed by atoms with Gasteiger partial charge in [0.25, 0.3) is 5.91 Å². The van der Waals surface area contributed by atoms with Crippen LogP contribution >= 0.6 is 22.9 Å². The fourth-order valence-electron chi connectivity index (χ4n) is 3.06. The Morgan fingerprint density at radius 1 is 1.43 bits per heavy atom. The number of para-hydroxylation sites is 1. The predicted molar refractivity (Wildman–Crippen MR) is 91.1 cm³/mol. The third-order valence-electron chi connectivity index (χ3n) is 4.20. The van der Waals surface area contributed by atoms with Crippen LogP contribution in [0.3, 0.4) is 0 Å². The summed E-state index contributed by atoms with van der Waals surface area (Å²) in [5, 5.41) is 1.59. The van der Waals surface area contributed by atoms with Crippen molar-refractivity contribution in [1.29, 1.82) is 0 Å². The van der Waals surface area contributed by atoms with E-state index in [2.05, 4.69) is 15.0 Å². The number of amides is 1. The van der Waals surface area contributed by atoms with Crippen LogP contribution in [0.5, 0.6) is 0 Å². The maximum absolute atomic E-state index is 12.9. The molecule has 0 saturated carbocycles. The minimum absolute atomic E-state index is 0.0149. The van der Waals surface area contributed by atoms with Crippen LogP contribution in [-0.4, -0.2) is 32.3 Å². The van der Waals surface area contributed by atoms with Crippen LogP contribution in [-0.2, 0) is 6.42 Å². The SMILES string of the molecule is Cc1nc2c(s1)C(C)N(C(=O)c1nc3c(Cl)cccc3[nH]1)CC2. The van der Waals surface area contributed by atoms with E-state index in [9.17, 15) is 4.79 Å². The highest BCUT2D eigenvalue weighted by Crippen LogP contribution is 2.34. The number of nitrogens with one attached hydrogen (secondary N) is 1. The topological polar surface area (TPSA) is 61.9 Å². The van der Waals surface area contributed by atoms with Crippen LogP contribution < -0.4 is 0 Å². The summed E-state index contributed by atoms with van der Waals surface area (Å²) in [6.07, 6.45) is 0.788. The zero-order chi connectivity index (χ0) is 16.1. The number of carbonyl (C=O) groups excluding carboxylic acids is 1. The number of nitrogens with zero attached hydrogens (tertiary/aromatic N) is 3. The number of benzene rings is 1. The van der Waals surface area contributed by atoms with Crippen molar-refractivity contribution in [2.24, 2.45) is 0 Å². The number of thiazole rings is 1. The number of aromatic nitrogens is 3. The summed E-state index contributed by atoms with van der Waals surface area (Å²) >= 11 is 7.81. The molecular formula is C16H15ClN4OS. The second-order valence-corrected chi connectivity index (χ2v) is 7.33. The Morgan fingerprint density at radius 3 is 3.04 bits per heavy atom. The minimum Gasteiger partial charge on any atom is -0.334 e. The average Bonchev–Trinajstić information content (AvgIpc) is 3.11. The zero-order valence-corrected chi connectivity index (χ0v) is 14.3. The van der Waals surface area contributed by atoms with Gasteiger partial charge in [0, 0.05) is 13.0 Å². The lowest BCUT2D eigenvalue weighted by molar-refractivity contribution is 0.0669. The van der Waals surface area contributed by atoms with Crippen molar-refractivity contribution in [2.45, 2.75) is 26.3 Å². The van der Waals surface area contributed by atoms with Gasteiger partial charge in [0.2, 0.25) is 0 Å². The first-order valence-electron chi connectivity index (χ1n) is 7.46. The van der Waals surface area contributed by atoms with Gasteiger partial charge in [0.15, 0.2) is 5.82 Å². The van der Waals surface area contributed by atoms with Gasteiger partial charge < -0.3 is 9.88 Å². The molecule has 3 heterocycles. The number of rotatable bonds is 1. The first kappa shape index (κ1) is 14.7. The summed E-state index contributed by atoms with van der Waals surface area (Å²) in [4.78, 5) is 27.9. The van der Waals surface area contributed by atoms with E-state index in [4.69, 9.17) is 11.6 Å². The predicted octanol–water partition coefficient (Wildman–Crippen LogP) is 3.74. The molecule has 0 bridgehead atoms. The molecule has 23 heavy (non-hydrogen) atoms. The lowest BCUT2D eigenvalue weighted by Crippen LogP contribution is -2.38. The van der Waals surface area contributed by atoms with Crippen molar-refractivity contribution in [1.82, 2.24) is 19.9 Å². The number of H-pyrrole nitrogens is 1. The van der Waals surface area contributed by atoms with Gasteiger partial charge in [-0.25, -0.2) is 9.97 Å². The number of halogens is 1. The summed E-state index contributed by atoms with van der Waals surface area (Å²) in [7, 11) is 0. The number of aryl methyl sites for hydroxylation is 1. The van der Waals surface area contributed by atoms with E-state index in [-0.39, 0.29) is 11.9 Å². The lowest BCUT2D eigenvalue weighted by Gasteiger charge is -2.32. The Balaban J connectivity index is 1.70. The molecule has 0 spiro atoms. The van der Waals surface area contributed by atoms with E-state index in [1.54, 1.807) is 17.4 Å². The average molecular weight is 347 g/mol. The maximum Gasteiger partial charge on any atom is 0.290 e. The molecule has 1 atom stereocenters. The highest BCUT2D eigenvalue weighted by Gasteiger charge is 2.32. The molecule has 1 unspecified atom stereocenters. The summed E-state index contributed by atoms with van der Waals surface area (Å²) in [5.74, 6) is 0.242. The fraction of sp³-hybridized carbons (Fsp3) is 0.312. The van der Waals surface area contributed by atoms with Crippen LogP contribution in [0, 0.1) is 6.92 Å². The smallest absolute Gasteiger partial charge is 0.290 e. The van der Waals surface area contributed by atoms with Gasteiger partial charge in [-0.15, -0.1) is 11.3 Å². The number of carbonyl (C=O) groups is 1. The monoisotopic (exact) mass is 346 g/mol. The molecule has 1 N–H and O–H groups in total. The Labute approximate surface area is 142 Å². The molecule has 0 radical (unpaired) electrons. The standard InChI is InChI=1S/C16H15ClN4OS/c1-8-14-12(18-9(2)23-14)6-7-21(8)16(22)15-19-11-5-3-4-10(17)13(11)20-15/h3-5,8H,6-7H2,1-2H3,(H,19,20). The van der Waals surface area contributed by atoms with Gasteiger partial charge in [-0.3, -0.25) is 4.79 Å². The normalized spacial score (nSPS) is 17.5. The molecule has 1 amide bonds. The molecule has 0 fully saturated rings. The van der Waals surface area contributed by atoms with Crippen LogP contribution in [0.25, 0.3) is 11.0 Å². The van der Waals surface area contributed by atoms with Gasteiger partial charge in [0.05, 0.1) is 32.2 Å². The van der Waals surface area contributed by atoms with Gasteiger partial charge in [0.1, 0.15) is 5.52 Å². The zero-order valence-electron chi connectivity index (χ0n) is 12.8. The van der Waals surface area contributed by atoms with E-state index < -0.39 is 0 Å². The van der Waals surface area contributed by atoms with E-state index >= 15 is 0 Å². The van der Waals surface area contributed by atoms with E-state index in [1.807, 2.05) is 30.9 Å². The first-order valence-corrected chi connectivity index (χ1v) is 8.65. The van der Waals surface area contributed by atoms with Gasteiger partial charge >= 0.3 is 0 Å². The first-order chi connectivity index (χ1) is 11.0. The Morgan fingerprint density at radius 2 is 2.26 bits per heavy atom. The Kier molecular flexibility index (Phi) is 3.39.